The first kappa shape index (κ1) is 13.6. The molecule has 3 nitrogen and oxygen atoms in total. The van der Waals surface area contributed by atoms with Gasteiger partial charge in [-0.3, -0.25) is 0 Å². The molecule has 19 heavy (non-hydrogen) atoms. The van der Waals surface area contributed by atoms with Gasteiger partial charge in [-0.15, -0.1) is 0 Å². The second-order valence-corrected chi connectivity index (χ2v) is 4.52. The van der Waals surface area contributed by atoms with E-state index in [4.69, 9.17) is 26.8 Å². The van der Waals surface area contributed by atoms with Crippen LogP contribution in [0.15, 0.2) is 42.5 Å². The Labute approximate surface area is 117 Å². The molecule has 0 aliphatic rings. The van der Waals surface area contributed by atoms with Crippen LogP contribution in [0.1, 0.15) is 13.3 Å². The maximum absolute atomic E-state index is 5.87. The number of hydrogen-bond donors (Lipinski definition) is 1. The highest BCUT2D eigenvalue weighted by Gasteiger charge is 2.08. The zero-order chi connectivity index (χ0) is 13.7. The highest BCUT2D eigenvalue weighted by atomic mass is 35.5. The van der Waals surface area contributed by atoms with Crippen LogP contribution in [0, 0.1) is 0 Å². The molecule has 0 fully saturated rings. The van der Waals surface area contributed by atoms with Crippen LogP contribution in [0.25, 0.3) is 0 Å². The highest BCUT2D eigenvalue weighted by molar-refractivity contribution is 6.30. The van der Waals surface area contributed by atoms with Crippen molar-refractivity contribution in [3.8, 4) is 17.2 Å². The summed E-state index contributed by atoms with van der Waals surface area (Å²) in [5.74, 6) is 1.92. The molecular formula is C15H16ClNO2. The Kier molecular flexibility index (Phi) is 4.53. The van der Waals surface area contributed by atoms with Crippen molar-refractivity contribution in [2.24, 2.45) is 0 Å². The first-order valence-electron chi connectivity index (χ1n) is 6.15. The molecule has 0 saturated carbocycles. The van der Waals surface area contributed by atoms with Crippen LogP contribution >= 0.6 is 11.6 Å². The minimum absolute atomic E-state index is 0.498. The van der Waals surface area contributed by atoms with Gasteiger partial charge in [0.05, 0.1) is 12.3 Å². The van der Waals surface area contributed by atoms with Crippen LogP contribution in [0.5, 0.6) is 17.2 Å². The number of ether oxygens (including phenoxy) is 2. The van der Waals surface area contributed by atoms with Crippen molar-refractivity contribution < 1.29 is 9.47 Å². The number of nitrogen functional groups attached to an aromatic ring is 1. The van der Waals surface area contributed by atoms with E-state index >= 15 is 0 Å². The highest BCUT2D eigenvalue weighted by Crippen LogP contribution is 2.35. The summed E-state index contributed by atoms with van der Waals surface area (Å²) in [5.41, 5.74) is 6.37. The Morgan fingerprint density at radius 3 is 2.47 bits per heavy atom. The predicted molar refractivity (Wildman–Crippen MR) is 78.2 cm³/mol. The molecule has 0 saturated heterocycles. The van der Waals surface area contributed by atoms with E-state index in [2.05, 4.69) is 6.92 Å². The van der Waals surface area contributed by atoms with E-state index in [1.807, 2.05) is 24.3 Å². The van der Waals surface area contributed by atoms with Crippen molar-refractivity contribution in [3.63, 3.8) is 0 Å². The molecule has 0 heterocycles. The summed E-state index contributed by atoms with van der Waals surface area (Å²) in [7, 11) is 0. The fourth-order valence-corrected chi connectivity index (χ4v) is 1.78. The van der Waals surface area contributed by atoms with Gasteiger partial charge >= 0.3 is 0 Å². The molecule has 2 rings (SSSR count). The Bertz CT molecular complexity index is 558. The second-order valence-electron chi connectivity index (χ2n) is 4.08. The fraction of sp³-hybridized carbons (Fsp3) is 0.200. The quantitative estimate of drug-likeness (QED) is 0.818. The third-order valence-electron chi connectivity index (χ3n) is 2.50. The van der Waals surface area contributed by atoms with Crippen LogP contribution in [-0.2, 0) is 0 Å². The molecule has 0 bridgehead atoms. The summed E-state index contributed by atoms with van der Waals surface area (Å²) < 4.78 is 11.4. The van der Waals surface area contributed by atoms with Gasteiger partial charge < -0.3 is 15.2 Å². The van der Waals surface area contributed by atoms with Crippen LogP contribution in [-0.4, -0.2) is 6.61 Å². The van der Waals surface area contributed by atoms with Crippen molar-refractivity contribution in [3.05, 3.63) is 47.5 Å². The Morgan fingerprint density at radius 2 is 1.79 bits per heavy atom. The molecule has 0 amide bonds. The van der Waals surface area contributed by atoms with Gasteiger partial charge in [0.1, 0.15) is 0 Å². The van der Waals surface area contributed by atoms with Gasteiger partial charge in [0, 0.05) is 5.02 Å². The van der Waals surface area contributed by atoms with Gasteiger partial charge in [0.25, 0.3) is 0 Å². The first-order chi connectivity index (χ1) is 9.20. The summed E-state index contributed by atoms with van der Waals surface area (Å²) >= 11 is 5.86. The van der Waals surface area contributed by atoms with Gasteiger partial charge in [-0.05, 0) is 36.8 Å². The average Bonchev–Trinajstić information content (AvgIpc) is 2.41. The molecule has 0 aromatic heterocycles. The zero-order valence-electron chi connectivity index (χ0n) is 10.7. The van der Waals surface area contributed by atoms with Gasteiger partial charge in [0.15, 0.2) is 17.2 Å². The third-order valence-corrected chi connectivity index (χ3v) is 2.74. The summed E-state index contributed by atoms with van der Waals surface area (Å²) in [4.78, 5) is 0. The minimum Gasteiger partial charge on any atom is -0.490 e. The summed E-state index contributed by atoms with van der Waals surface area (Å²) in [6.45, 7) is 2.71. The van der Waals surface area contributed by atoms with Crippen molar-refractivity contribution in [1.82, 2.24) is 0 Å². The van der Waals surface area contributed by atoms with Crippen molar-refractivity contribution in [2.45, 2.75) is 13.3 Å². The molecule has 4 heteroatoms. The Balaban J connectivity index is 2.22. The standard InChI is InChI=1S/C15H16ClNO2/c1-2-9-18-14-5-3-4-6-15(14)19-13-8-7-11(16)10-12(13)17/h3-8,10H,2,9,17H2,1H3. The molecular weight excluding hydrogens is 262 g/mol. The topological polar surface area (TPSA) is 44.5 Å². The molecule has 0 aliphatic carbocycles. The lowest BCUT2D eigenvalue weighted by molar-refractivity contribution is 0.302. The van der Waals surface area contributed by atoms with E-state index in [1.165, 1.54) is 0 Å². The number of nitrogens with two attached hydrogens (primary N) is 1. The van der Waals surface area contributed by atoms with E-state index in [9.17, 15) is 0 Å². The number of benzene rings is 2. The predicted octanol–water partition coefficient (Wildman–Crippen LogP) is 4.50. The maximum atomic E-state index is 5.87. The first-order valence-corrected chi connectivity index (χ1v) is 6.53. The largest absolute Gasteiger partial charge is 0.490 e. The molecule has 100 valence electrons. The number of halogens is 1. The molecule has 0 spiro atoms. The van der Waals surface area contributed by atoms with Crippen molar-refractivity contribution >= 4 is 17.3 Å². The number of para-hydroxylation sites is 2. The average molecular weight is 278 g/mol. The van der Waals surface area contributed by atoms with Gasteiger partial charge in [-0.2, -0.15) is 0 Å². The molecule has 2 N–H and O–H groups in total. The van der Waals surface area contributed by atoms with Crippen molar-refractivity contribution in [1.29, 1.82) is 0 Å². The van der Waals surface area contributed by atoms with Crippen molar-refractivity contribution in [2.75, 3.05) is 12.3 Å². The lowest BCUT2D eigenvalue weighted by atomic mass is 10.3. The van der Waals surface area contributed by atoms with Crippen LogP contribution in [0.2, 0.25) is 5.02 Å². The van der Waals surface area contributed by atoms with Gasteiger partial charge in [0.2, 0.25) is 0 Å². The zero-order valence-corrected chi connectivity index (χ0v) is 11.5. The number of anilines is 1. The molecule has 0 aliphatic heterocycles. The smallest absolute Gasteiger partial charge is 0.169 e. The molecule has 2 aromatic rings. The van der Waals surface area contributed by atoms with Gasteiger partial charge in [-0.25, -0.2) is 0 Å². The van der Waals surface area contributed by atoms with E-state index in [0.717, 1.165) is 6.42 Å². The minimum atomic E-state index is 0.498. The van der Waals surface area contributed by atoms with E-state index in [-0.39, 0.29) is 0 Å². The van der Waals surface area contributed by atoms with E-state index in [1.54, 1.807) is 18.2 Å². The summed E-state index contributed by atoms with van der Waals surface area (Å²) in [6, 6.07) is 12.7. The lowest BCUT2D eigenvalue weighted by Crippen LogP contribution is -1.98. The van der Waals surface area contributed by atoms with E-state index in [0.29, 0.717) is 34.6 Å². The molecule has 0 unspecified atom stereocenters. The monoisotopic (exact) mass is 277 g/mol. The third kappa shape index (κ3) is 3.55. The molecule has 0 radical (unpaired) electrons. The number of hydrogen-bond acceptors (Lipinski definition) is 3. The SMILES string of the molecule is CCCOc1ccccc1Oc1ccc(Cl)cc1N. The fourth-order valence-electron chi connectivity index (χ4n) is 1.60. The summed E-state index contributed by atoms with van der Waals surface area (Å²) in [6.07, 6.45) is 0.942. The Hall–Kier alpha value is -1.87. The lowest BCUT2D eigenvalue weighted by Gasteiger charge is -2.13. The van der Waals surface area contributed by atoms with E-state index < -0.39 is 0 Å². The van der Waals surface area contributed by atoms with Gasteiger partial charge in [-0.1, -0.05) is 30.7 Å². The Morgan fingerprint density at radius 1 is 1.05 bits per heavy atom. The van der Waals surface area contributed by atoms with Crippen LogP contribution in [0.4, 0.5) is 5.69 Å². The summed E-state index contributed by atoms with van der Waals surface area (Å²) in [5, 5.41) is 0.584. The second kappa shape index (κ2) is 6.34. The van der Waals surface area contributed by atoms with Crippen LogP contribution in [0.3, 0.4) is 0 Å². The molecule has 0 atom stereocenters. The van der Waals surface area contributed by atoms with Crippen LogP contribution < -0.4 is 15.2 Å². The number of rotatable bonds is 5. The normalized spacial score (nSPS) is 10.2. The maximum Gasteiger partial charge on any atom is 0.169 e. The molecule has 2 aromatic carbocycles.